The molecular formula is C76H93BrN12O6. The van der Waals surface area contributed by atoms with Gasteiger partial charge >= 0.3 is 11.4 Å². The maximum absolute atomic E-state index is 11.1. The number of anilines is 3. The summed E-state index contributed by atoms with van der Waals surface area (Å²) < 4.78 is 2.59. The number of nitro groups is 2. The maximum atomic E-state index is 11.1. The van der Waals surface area contributed by atoms with Crippen molar-refractivity contribution in [1.82, 2.24) is 29.5 Å². The fraction of sp³-hybridized carbons (Fsp3) is 0.395. The number of pyridine rings is 4. The van der Waals surface area contributed by atoms with Crippen LogP contribution >= 0.6 is 15.9 Å². The third kappa shape index (κ3) is 20.1. The van der Waals surface area contributed by atoms with E-state index < -0.39 is 10.9 Å². The molecule has 19 heteroatoms. The van der Waals surface area contributed by atoms with Gasteiger partial charge in [-0.05, 0) is 133 Å². The van der Waals surface area contributed by atoms with Crippen LogP contribution in [0.3, 0.4) is 0 Å². The topological polar surface area (TPSA) is 269 Å². The van der Waals surface area contributed by atoms with E-state index in [0.717, 1.165) is 67.9 Å². The van der Waals surface area contributed by atoms with Crippen molar-refractivity contribution in [2.75, 3.05) is 36.0 Å². The van der Waals surface area contributed by atoms with Crippen LogP contribution < -0.4 is 22.1 Å². The van der Waals surface area contributed by atoms with Gasteiger partial charge in [0.25, 0.3) is 5.97 Å². The molecule has 4 aliphatic rings. The van der Waals surface area contributed by atoms with E-state index in [-0.39, 0.29) is 37.1 Å². The lowest BCUT2D eigenvalue weighted by molar-refractivity contribution is -0.386. The quantitative estimate of drug-likeness (QED) is 0.0363. The number of hydrogen-bond donors (Lipinski definition) is 5. The lowest BCUT2D eigenvalue weighted by Crippen LogP contribution is -2.37. The molecule has 95 heavy (non-hydrogen) atoms. The van der Waals surface area contributed by atoms with Crippen molar-refractivity contribution in [3.8, 4) is 0 Å². The number of carboxylic acid groups (broad SMARTS) is 1. The second kappa shape index (κ2) is 36.1. The zero-order chi connectivity index (χ0) is 67.4. The second-order valence-electron chi connectivity index (χ2n) is 25.5. The molecule has 7 N–H and O–H groups in total. The van der Waals surface area contributed by atoms with Crippen LogP contribution in [0.1, 0.15) is 163 Å². The summed E-state index contributed by atoms with van der Waals surface area (Å²) in [4.78, 5) is 50.9. The molecule has 4 fully saturated rings. The number of nitrogens with two attached hydrogens (primary N) is 2. The largest absolute Gasteiger partial charge is 0.481 e. The zero-order valence-corrected chi connectivity index (χ0v) is 56.6. The van der Waals surface area contributed by atoms with Crippen LogP contribution in [-0.4, -0.2) is 70.0 Å². The third-order valence-electron chi connectivity index (χ3n) is 19.3. The van der Waals surface area contributed by atoms with Crippen LogP contribution in [0.2, 0.25) is 0 Å². The highest BCUT2D eigenvalue weighted by molar-refractivity contribution is 9.10. The molecule has 13 rings (SSSR count). The van der Waals surface area contributed by atoms with E-state index in [4.69, 9.17) is 26.4 Å². The fourth-order valence-corrected chi connectivity index (χ4v) is 14.6. The number of nitrogens with zero attached hydrogens (tertiary/aromatic N) is 8. The Kier molecular flexibility index (Phi) is 27.3. The summed E-state index contributed by atoms with van der Waals surface area (Å²) in [6.45, 7) is 6.55. The smallest absolute Gasteiger partial charge is 0.311 e. The molecule has 9 aromatic rings. The molecule has 0 amide bonds. The molecule has 5 heterocycles. The summed E-state index contributed by atoms with van der Waals surface area (Å²) in [5.74, 6) is 1.40. The van der Waals surface area contributed by atoms with Crippen LogP contribution in [0.25, 0.3) is 11.2 Å². The van der Waals surface area contributed by atoms with Crippen molar-refractivity contribution in [3.63, 3.8) is 0 Å². The van der Waals surface area contributed by atoms with Gasteiger partial charge in [0.2, 0.25) is 5.82 Å². The highest BCUT2D eigenvalue weighted by Gasteiger charge is 2.38. The van der Waals surface area contributed by atoms with Gasteiger partial charge in [0, 0.05) is 91.7 Å². The minimum absolute atomic E-state index is 0.0116. The molecule has 0 saturated heterocycles. The number of aryl methyl sites for hydroxylation is 1. The number of hydrogen-bond acceptors (Lipinski definition) is 14. The van der Waals surface area contributed by atoms with Crippen molar-refractivity contribution in [2.24, 2.45) is 5.73 Å². The number of fused-ring (bicyclic) bond motifs is 1. The highest BCUT2D eigenvalue weighted by atomic mass is 79.9. The Hall–Kier alpha value is -8.94. The van der Waals surface area contributed by atoms with E-state index in [2.05, 4.69) is 179 Å². The number of nitrogens with one attached hydrogen (secondary N) is 2. The van der Waals surface area contributed by atoms with Gasteiger partial charge in [-0.1, -0.05) is 198 Å². The lowest BCUT2D eigenvalue weighted by atomic mass is 9.69. The zero-order valence-electron chi connectivity index (χ0n) is 55.0. The van der Waals surface area contributed by atoms with Crippen LogP contribution in [0.5, 0.6) is 0 Å². The van der Waals surface area contributed by atoms with Crippen molar-refractivity contribution in [3.05, 3.63) is 248 Å². The van der Waals surface area contributed by atoms with Gasteiger partial charge in [-0.25, -0.2) is 24.9 Å². The van der Waals surface area contributed by atoms with Crippen LogP contribution in [0.4, 0.5) is 28.7 Å². The summed E-state index contributed by atoms with van der Waals surface area (Å²) in [6, 6.07) is 57.0. The average Bonchev–Trinajstić information content (AvgIpc) is 1.27. The standard InChI is InChI=1S/C20H23N3.C18H21N3O2.C18H23N3.C13H19N.C5H3BrN2O2.C2H4O2/c1-16-22-18-11-8-14-21-19(18)23(16)15-20(12-6-3-7-13-20)17-9-4-2-5-10-17;22-21(23)16-10-7-13-19-17(16)20-14-18(11-5-2-6-12-18)15-8-3-1-4-9-15;19-16-10-7-13-20-17(16)21-14-18(11-5-2-6-12-18)15-8-3-1-4-9-15;14-11-13(9-5-2-6-10-13)12-7-3-1-4-8-12;6-5-4(8(9)10)2-1-3-7-5;1-2(3)4/h2,4-5,8-11,14H,3,6-7,12-13,15H2,1H3;1,3-4,7-10,13H,2,5-6,11-12,14H2,(H,19,20);1,3-4,7-10,13H,2,5-6,11-12,14,19H2,(H,20,21);1,3-4,7-8H,2,5-6,9-11,14H2;1-3H;1H3,(H,3,4). The molecule has 18 nitrogen and oxygen atoms in total. The third-order valence-corrected chi connectivity index (χ3v) is 19.9. The monoisotopic (exact) mass is 1350 g/mol. The van der Waals surface area contributed by atoms with E-state index in [0.29, 0.717) is 17.8 Å². The molecule has 5 aromatic heterocycles. The number of benzene rings is 4. The summed E-state index contributed by atoms with van der Waals surface area (Å²) >= 11 is 2.94. The first kappa shape index (κ1) is 71.9. The van der Waals surface area contributed by atoms with E-state index in [1.165, 1.54) is 162 Å². The molecule has 0 bridgehead atoms. The second-order valence-corrected chi connectivity index (χ2v) is 26.2. The first-order valence-electron chi connectivity index (χ1n) is 33.5. The van der Waals surface area contributed by atoms with Gasteiger partial charge < -0.3 is 31.8 Å². The molecule has 0 aliphatic heterocycles. The van der Waals surface area contributed by atoms with Gasteiger partial charge in [0.15, 0.2) is 10.3 Å². The van der Waals surface area contributed by atoms with Crippen molar-refractivity contribution >= 4 is 61.8 Å². The van der Waals surface area contributed by atoms with Gasteiger partial charge in [0.05, 0.1) is 15.5 Å². The molecule has 0 spiro atoms. The Labute approximate surface area is 567 Å². The van der Waals surface area contributed by atoms with E-state index >= 15 is 0 Å². The SMILES string of the molecule is CC(=O)O.Cc1nc2cccnc2n1CC1(c2ccccc2)CCCCC1.NCC1(c2ccccc2)CCCCC1.Nc1cccnc1NCC1(c2ccccc2)CCCCC1.O=[N+]([O-])c1cccnc1Br.O=[N+]([O-])c1cccnc1NCC1(c2ccccc2)CCCCC1. The Morgan fingerprint density at radius 3 is 1.28 bits per heavy atom. The van der Waals surface area contributed by atoms with Crippen molar-refractivity contribution in [2.45, 2.75) is 170 Å². The first-order chi connectivity index (χ1) is 46.1. The predicted molar refractivity (Wildman–Crippen MR) is 385 cm³/mol. The summed E-state index contributed by atoms with van der Waals surface area (Å²) in [5, 5.41) is 35.5. The van der Waals surface area contributed by atoms with Crippen LogP contribution in [0, 0.1) is 27.2 Å². The average molecular weight is 1350 g/mol. The number of aromatic nitrogens is 6. The molecule has 0 unspecified atom stereocenters. The normalized spacial score (nSPS) is 16.4. The van der Waals surface area contributed by atoms with Gasteiger partial charge in [-0.3, -0.25) is 25.0 Å². The van der Waals surface area contributed by atoms with Gasteiger partial charge in [-0.15, -0.1) is 0 Å². The molecule has 0 radical (unpaired) electrons. The van der Waals surface area contributed by atoms with Crippen LogP contribution in [0.15, 0.2) is 199 Å². The van der Waals surface area contributed by atoms with Gasteiger partial charge in [0.1, 0.15) is 17.2 Å². The number of aliphatic carboxylic acids is 1. The number of nitrogen functional groups attached to an aromatic ring is 1. The lowest BCUT2D eigenvalue weighted by Gasteiger charge is -2.38. The van der Waals surface area contributed by atoms with E-state index in [1.807, 2.05) is 30.5 Å². The molecule has 4 aliphatic carbocycles. The predicted octanol–water partition coefficient (Wildman–Crippen LogP) is 17.6. The first-order valence-corrected chi connectivity index (χ1v) is 34.3. The summed E-state index contributed by atoms with van der Waals surface area (Å²) in [7, 11) is 0. The Balaban J connectivity index is 0.000000154. The molecule has 4 saturated carbocycles. The minimum Gasteiger partial charge on any atom is -0.481 e. The maximum Gasteiger partial charge on any atom is 0.311 e. The van der Waals surface area contributed by atoms with Crippen LogP contribution in [-0.2, 0) is 33.0 Å². The number of carboxylic acids is 1. The number of imidazole rings is 1. The molecule has 0 atom stereocenters. The summed E-state index contributed by atoms with van der Waals surface area (Å²) in [6.07, 6.45) is 32.1. The van der Waals surface area contributed by atoms with E-state index in [1.54, 1.807) is 18.5 Å². The van der Waals surface area contributed by atoms with Crippen molar-refractivity contribution < 1.29 is 19.7 Å². The van der Waals surface area contributed by atoms with Gasteiger partial charge in [-0.2, -0.15) is 0 Å². The Morgan fingerprint density at radius 2 is 0.863 bits per heavy atom. The van der Waals surface area contributed by atoms with E-state index in [9.17, 15) is 20.2 Å². The summed E-state index contributed by atoms with van der Waals surface area (Å²) in [5.41, 5.74) is 21.1. The molecule has 4 aromatic carbocycles. The Bertz CT molecular complexity index is 3780. The number of halogens is 1. The van der Waals surface area contributed by atoms with Crippen molar-refractivity contribution in [1.29, 1.82) is 0 Å². The number of rotatable bonds is 15. The highest BCUT2D eigenvalue weighted by Crippen LogP contribution is 2.44. The fourth-order valence-electron chi connectivity index (χ4n) is 14.2. The minimum atomic E-state index is -0.833. The molecule has 500 valence electrons. The number of carbonyl (C=O) groups is 1. The Morgan fingerprint density at radius 1 is 0.505 bits per heavy atom. The molecular weight excluding hydrogens is 1260 g/mol.